The van der Waals surface area contributed by atoms with Gasteiger partial charge < -0.3 is 15.2 Å². The minimum Gasteiger partial charge on any atom is -0.351 e. The van der Waals surface area contributed by atoms with Crippen LogP contribution in [0.3, 0.4) is 0 Å². The first kappa shape index (κ1) is 15.6. The lowest BCUT2D eigenvalue weighted by molar-refractivity contribution is -0.148. The fourth-order valence-electron chi connectivity index (χ4n) is 1.68. The van der Waals surface area contributed by atoms with E-state index in [1.165, 1.54) is 6.07 Å². The van der Waals surface area contributed by atoms with Crippen molar-refractivity contribution in [1.82, 2.24) is 0 Å². The average molecular weight is 320 g/mol. The lowest BCUT2D eigenvalue weighted by Gasteiger charge is -2.23. The molecule has 1 unspecified atom stereocenters. The second-order valence-electron chi connectivity index (χ2n) is 3.86. The van der Waals surface area contributed by atoms with Gasteiger partial charge in [-0.3, -0.25) is 0 Å². The first-order chi connectivity index (χ1) is 8.60. The Bertz CT molecular complexity index is 370. The zero-order valence-electron chi connectivity index (χ0n) is 10.7. The monoisotopic (exact) mass is 319 g/mol. The molecular formula is C13H19BrFNO2. The van der Waals surface area contributed by atoms with Crippen LogP contribution in [0, 0.1) is 5.82 Å². The summed E-state index contributed by atoms with van der Waals surface area (Å²) < 4.78 is 24.7. The molecule has 0 saturated heterocycles. The Morgan fingerprint density at radius 1 is 1.28 bits per heavy atom. The lowest BCUT2D eigenvalue weighted by atomic mass is 10.1. The maximum absolute atomic E-state index is 13.4. The maximum Gasteiger partial charge on any atom is 0.172 e. The SMILES string of the molecule is CCOC(OCC)C(N)Cc1cccc(F)c1Br. The highest BCUT2D eigenvalue weighted by atomic mass is 79.9. The molecule has 0 heterocycles. The molecule has 1 rings (SSSR count). The number of halogens is 2. The van der Waals surface area contributed by atoms with Crippen LogP contribution >= 0.6 is 15.9 Å². The summed E-state index contributed by atoms with van der Waals surface area (Å²) in [7, 11) is 0. The molecule has 2 N–H and O–H groups in total. The topological polar surface area (TPSA) is 44.5 Å². The zero-order chi connectivity index (χ0) is 13.5. The van der Waals surface area contributed by atoms with E-state index in [4.69, 9.17) is 15.2 Å². The molecule has 5 heteroatoms. The molecule has 0 fully saturated rings. The van der Waals surface area contributed by atoms with E-state index in [0.717, 1.165) is 5.56 Å². The molecule has 0 aliphatic rings. The second-order valence-corrected chi connectivity index (χ2v) is 4.65. The van der Waals surface area contributed by atoms with E-state index in [-0.39, 0.29) is 11.9 Å². The van der Waals surface area contributed by atoms with E-state index in [2.05, 4.69) is 15.9 Å². The predicted molar refractivity (Wildman–Crippen MR) is 72.8 cm³/mol. The van der Waals surface area contributed by atoms with Crippen molar-refractivity contribution in [3.63, 3.8) is 0 Å². The third-order valence-electron chi connectivity index (χ3n) is 2.50. The van der Waals surface area contributed by atoms with Crippen molar-refractivity contribution in [2.24, 2.45) is 5.73 Å². The molecule has 1 aromatic carbocycles. The van der Waals surface area contributed by atoms with Gasteiger partial charge in [-0.1, -0.05) is 12.1 Å². The minimum atomic E-state index is -0.463. The van der Waals surface area contributed by atoms with Gasteiger partial charge in [-0.05, 0) is 47.8 Å². The Kier molecular flexibility index (Phi) is 6.78. The van der Waals surface area contributed by atoms with E-state index >= 15 is 0 Å². The standard InChI is InChI=1S/C13H19BrFNO2/c1-3-17-13(18-4-2)11(16)8-9-6-5-7-10(15)12(9)14/h5-7,11,13H,3-4,8,16H2,1-2H3. The van der Waals surface area contributed by atoms with E-state index in [1.54, 1.807) is 6.07 Å². The molecule has 0 aromatic heterocycles. The van der Waals surface area contributed by atoms with Gasteiger partial charge in [0, 0.05) is 13.2 Å². The van der Waals surface area contributed by atoms with Crippen LogP contribution in [0.1, 0.15) is 19.4 Å². The number of hydrogen-bond donors (Lipinski definition) is 1. The fraction of sp³-hybridized carbons (Fsp3) is 0.538. The Balaban J connectivity index is 2.72. The molecule has 0 bridgehead atoms. The Labute approximate surface area is 116 Å². The van der Waals surface area contributed by atoms with E-state index in [9.17, 15) is 4.39 Å². The fourth-order valence-corrected chi connectivity index (χ4v) is 2.11. The van der Waals surface area contributed by atoms with Crippen LogP contribution in [0.4, 0.5) is 4.39 Å². The van der Waals surface area contributed by atoms with Gasteiger partial charge >= 0.3 is 0 Å². The Morgan fingerprint density at radius 3 is 2.44 bits per heavy atom. The number of nitrogens with two attached hydrogens (primary N) is 1. The molecule has 0 aliphatic carbocycles. The van der Waals surface area contributed by atoms with Crippen LogP contribution < -0.4 is 5.73 Å². The quantitative estimate of drug-likeness (QED) is 0.786. The number of benzene rings is 1. The third kappa shape index (κ3) is 4.31. The van der Waals surface area contributed by atoms with Crippen LogP contribution in [-0.4, -0.2) is 25.5 Å². The smallest absolute Gasteiger partial charge is 0.172 e. The summed E-state index contributed by atoms with van der Waals surface area (Å²) in [5.74, 6) is -0.288. The molecule has 3 nitrogen and oxygen atoms in total. The summed E-state index contributed by atoms with van der Waals surface area (Å²) >= 11 is 3.22. The van der Waals surface area contributed by atoms with Crippen molar-refractivity contribution >= 4 is 15.9 Å². The normalized spacial score (nSPS) is 13.0. The van der Waals surface area contributed by atoms with Crippen LogP contribution in [-0.2, 0) is 15.9 Å². The summed E-state index contributed by atoms with van der Waals surface area (Å²) in [6.07, 6.45) is 0.0263. The van der Waals surface area contributed by atoms with Crippen LogP contribution in [0.2, 0.25) is 0 Å². The Hall–Kier alpha value is -0.490. The summed E-state index contributed by atoms with van der Waals surface area (Å²) in [6.45, 7) is 4.83. The van der Waals surface area contributed by atoms with Gasteiger partial charge in [0.05, 0.1) is 10.5 Å². The molecular weight excluding hydrogens is 301 g/mol. The van der Waals surface area contributed by atoms with Crippen molar-refractivity contribution in [2.75, 3.05) is 13.2 Å². The van der Waals surface area contributed by atoms with Gasteiger partial charge in [0.25, 0.3) is 0 Å². The van der Waals surface area contributed by atoms with Crippen molar-refractivity contribution in [2.45, 2.75) is 32.6 Å². The lowest BCUT2D eigenvalue weighted by Crippen LogP contribution is -2.40. The minimum absolute atomic E-state index is 0.288. The highest BCUT2D eigenvalue weighted by Crippen LogP contribution is 2.22. The molecule has 0 amide bonds. The first-order valence-electron chi connectivity index (χ1n) is 6.01. The zero-order valence-corrected chi connectivity index (χ0v) is 12.2. The second kappa shape index (κ2) is 7.84. The molecule has 18 heavy (non-hydrogen) atoms. The van der Waals surface area contributed by atoms with E-state index in [1.807, 2.05) is 19.9 Å². The first-order valence-corrected chi connectivity index (χ1v) is 6.81. The molecule has 0 spiro atoms. The maximum atomic E-state index is 13.4. The molecule has 0 radical (unpaired) electrons. The van der Waals surface area contributed by atoms with Gasteiger partial charge in [0.15, 0.2) is 6.29 Å². The largest absolute Gasteiger partial charge is 0.351 e. The van der Waals surface area contributed by atoms with Crippen molar-refractivity contribution in [1.29, 1.82) is 0 Å². The summed E-state index contributed by atoms with van der Waals surface area (Å²) in [6, 6.07) is 4.57. The summed E-state index contributed by atoms with van der Waals surface area (Å²) in [5, 5.41) is 0. The molecule has 0 saturated carbocycles. The van der Waals surface area contributed by atoms with Crippen LogP contribution in [0.5, 0.6) is 0 Å². The third-order valence-corrected chi connectivity index (χ3v) is 3.39. The number of ether oxygens (including phenoxy) is 2. The molecule has 102 valence electrons. The van der Waals surface area contributed by atoms with Crippen molar-refractivity contribution < 1.29 is 13.9 Å². The number of rotatable bonds is 7. The van der Waals surface area contributed by atoms with E-state index in [0.29, 0.717) is 24.1 Å². The van der Waals surface area contributed by atoms with Crippen LogP contribution in [0.25, 0.3) is 0 Å². The van der Waals surface area contributed by atoms with Crippen LogP contribution in [0.15, 0.2) is 22.7 Å². The summed E-state index contributed by atoms with van der Waals surface area (Å²) in [4.78, 5) is 0. The van der Waals surface area contributed by atoms with Gasteiger partial charge in [0.1, 0.15) is 5.82 Å². The molecule has 1 aromatic rings. The van der Waals surface area contributed by atoms with Gasteiger partial charge in [-0.15, -0.1) is 0 Å². The van der Waals surface area contributed by atoms with Crippen molar-refractivity contribution in [3.8, 4) is 0 Å². The van der Waals surface area contributed by atoms with Gasteiger partial charge in [-0.2, -0.15) is 0 Å². The molecule has 0 aliphatic heterocycles. The van der Waals surface area contributed by atoms with Crippen molar-refractivity contribution in [3.05, 3.63) is 34.1 Å². The Morgan fingerprint density at radius 2 is 1.89 bits per heavy atom. The van der Waals surface area contributed by atoms with E-state index < -0.39 is 6.29 Å². The molecule has 1 atom stereocenters. The highest BCUT2D eigenvalue weighted by molar-refractivity contribution is 9.10. The average Bonchev–Trinajstić information content (AvgIpc) is 2.34. The number of hydrogen-bond acceptors (Lipinski definition) is 3. The van der Waals surface area contributed by atoms with Gasteiger partial charge in [0.2, 0.25) is 0 Å². The van der Waals surface area contributed by atoms with Gasteiger partial charge in [-0.25, -0.2) is 4.39 Å². The predicted octanol–water partition coefficient (Wildman–Crippen LogP) is 2.86. The summed E-state index contributed by atoms with van der Waals surface area (Å²) in [5.41, 5.74) is 6.86. The highest BCUT2D eigenvalue weighted by Gasteiger charge is 2.20.